The van der Waals surface area contributed by atoms with Gasteiger partial charge in [-0.2, -0.15) is 13.1 Å². The van der Waals surface area contributed by atoms with Gasteiger partial charge in [-0.25, -0.2) is 4.72 Å². The summed E-state index contributed by atoms with van der Waals surface area (Å²) in [5.74, 6) is 0. The molecule has 0 aromatic carbocycles. The number of nitrogens with zero attached hydrogens (tertiary/aromatic N) is 2. The van der Waals surface area contributed by atoms with E-state index in [2.05, 4.69) is 32.4 Å². The quantitative estimate of drug-likeness (QED) is 0.769. The van der Waals surface area contributed by atoms with Crippen molar-refractivity contribution >= 4 is 21.5 Å². The highest BCUT2D eigenvalue weighted by molar-refractivity contribution is 7.87. The topological polar surface area (TPSA) is 64.7 Å². The lowest BCUT2D eigenvalue weighted by Gasteiger charge is -2.37. The van der Waals surface area contributed by atoms with E-state index in [-0.39, 0.29) is 12.1 Å². The minimum Gasteiger partial charge on any atom is -0.304 e. The van der Waals surface area contributed by atoms with E-state index in [9.17, 15) is 8.42 Å². The van der Waals surface area contributed by atoms with E-state index in [1.807, 2.05) is 25.3 Å². The second kappa shape index (κ2) is 7.85. The third-order valence-electron chi connectivity index (χ3n) is 3.71. The molecule has 6 nitrogen and oxygen atoms in total. The van der Waals surface area contributed by atoms with Crippen LogP contribution in [0.3, 0.4) is 0 Å². The van der Waals surface area contributed by atoms with Crippen LogP contribution in [-0.4, -0.2) is 64.0 Å². The molecular weight excluding hydrogens is 320 g/mol. The van der Waals surface area contributed by atoms with Gasteiger partial charge in [-0.05, 0) is 32.3 Å². The second-order valence-corrected chi connectivity index (χ2v) is 8.51. The molecule has 2 rings (SSSR count). The van der Waals surface area contributed by atoms with Crippen molar-refractivity contribution in [2.75, 3.05) is 39.8 Å². The van der Waals surface area contributed by atoms with E-state index >= 15 is 0 Å². The molecule has 2 N–H and O–H groups in total. The Bertz CT molecular complexity index is 537. The Morgan fingerprint density at radius 3 is 2.50 bits per heavy atom. The molecule has 2 heterocycles. The molecule has 1 saturated heterocycles. The first-order valence-electron chi connectivity index (χ1n) is 7.60. The predicted molar refractivity (Wildman–Crippen MR) is 91.3 cm³/mol. The zero-order valence-electron chi connectivity index (χ0n) is 13.4. The highest BCUT2D eigenvalue weighted by Crippen LogP contribution is 2.25. The van der Waals surface area contributed by atoms with Crippen LogP contribution in [0.25, 0.3) is 0 Å². The molecule has 1 fully saturated rings. The van der Waals surface area contributed by atoms with Crippen molar-refractivity contribution in [3.05, 3.63) is 22.4 Å². The average Bonchev–Trinajstić information content (AvgIpc) is 2.93. The van der Waals surface area contributed by atoms with Crippen LogP contribution in [0.2, 0.25) is 0 Å². The van der Waals surface area contributed by atoms with Crippen LogP contribution in [-0.2, 0) is 10.2 Å². The molecule has 1 aromatic rings. The second-order valence-electron chi connectivity index (χ2n) is 5.99. The van der Waals surface area contributed by atoms with E-state index in [4.69, 9.17) is 0 Å². The summed E-state index contributed by atoms with van der Waals surface area (Å²) in [6, 6.07) is 4.08. The van der Waals surface area contributed by atoms with E-state index in [1.54, 1.807) is 11.3 Å². The van der Waals surface area contributed by atoms with Gasteiger partial charge in [0.05, 0.1) is 6.04 Å². The summed E-state index contributed by atoms with van der Waals surface area (Å²) < 4.78 is 29.3. The molecule has 0 amide bonds. The van der Waals surface area contributed by atoms with Gasteiger partial charge < -0.3 is 4.90 Å². The van der Waals surface area contributed by atoms with Crippen molar-refractivity contribution in [1.29, 1.82) is 0 Å². The molecule has 1 atom stereocenters. The summed E-state index contributed by atoms with van der Waals surface area (Å²) in [4.78, 5) is 5.87. The zero-order valence-corrected chi connectivity index (χ0v) is 15.1. The third-order valence-corrected chi connectivity index (χ3v) is 6.01. The summed E-state index contributed by atoms with van der Waals surface area (Å²) in [5, 5.41) is 2.04. The van der Waals surface area contributed by atoms with E-state index < -0.39 is 10.2 Å². The maximum Gasteiger partial charge on any atom is 0.277 e. The molecular formula is C14H26N4O2S2. The Hall–Kier alpha value is -0.510. The Morgan fingerprint density at radius 2 is 1.95 bits per heavy atom. The molecule has 0 saturated carbocycles. The first-order valence-corrected chi connectivity index (χ1v) is 9.96. The van der Waals surface area contributed by atoms with Gasteiger partial charge in [0.2, 0.25) is 0 Å². The van der Waals surface area contributed by atoms with Crippen molar-refractivity contribution in [1.82, 2.24) is 19.2 Å². The van der Waals surface area contributed by atoms with Crippen molar-refractivity contribution in [3.8, 4) is 0 Å². The van der Waals surface area contributed by atoms with Crippen molar-refractivity contribution < 1.29 is 8.42 Å². The fraction of sp³-hybridized carbons (Fsp3) is 0.714. The van der Waals surface area contributed by atoms with Crippen LogP contribution in [0.15, 0.2) is 17.5 Å². The van der Waals surface area contributed by atoms with Crippen molar-refractivity contribution in [3.63, 3.8) is 0 Å². The molecule has 1 unspecified atom stereocenters. The van der Waals surface area contributed by atoms with Crippen LogP contribution in [0.4, 0.5) is 0 Å². The summed E-state index contributed by atoms with van der Waals surface area (Å²) in [6.45, 7) is 7.97. The molecule has 1 aromatic heterocycles. The van der Waals surface area contributed by atoms with E-state index in [0.717, 1.165) is 26.2 Å². The Morgan fingerprint density at radius 1 is 1.27 bits per heavy atom. The number of thiophene rings is 1. The minimum atomic E-state index is -3.45. The van der Waals surface area contributed by atoms with E-state index in [1.165, 1.54) is 4.88 Å². The number of nitrogens with one attached hydrogen (secondary N) is 2. The maximum atomic E-state index is 12.0. The lowest BCUT2D eigenvalue weighted by Crippen LogP contribution is -2.49. The normalized spacial score (nSPS) is 19.6. The molecule has 0 radical (unpaired) electrons. The Labute approximate surface area is 137 Å². The first-order chi connectivity index (χ1) is 10.4. The van der Waals surface area contributed by atoms with E-state index in [0.29, 0.717) is 6.54 Å². The summed E-state index contributed by atoms with van der Waals surface area (Å²) >= 11 is 1.68. The van der Waals surface area contributed by atoms with Crippen molar-refractivity contribution in [2.45, 2.75) is 25.9 Å². The highest BCUT2D eigenvalue weighted by atomic mass is 32.2. The zero-order chi connectivity index (χ0) is 16.2. The molecule has 126 valence electrons. The third kappa shape index (κ3) is 5.29. The molecule has 8 heteroatoms. The fourth-order valence-corrected chi connectivity index (χ4v) is 4.51. The minimum absolute atomic E-state index is 0.0948. The number of hydrogen-bond acceptors (Lipinski definition) is 5. The summed E-state index contributed by atoms with van der Waals surface area (Å²) in [5.41, 5.74) is 0. The number of likely N-dealkylation sites (N-methyl/N-ethyl adjacent to an activating group) is 1. The van der Waals surface area contributed by atoms with Crippen LogP contribution >= 0.6 is 11.3 Å². The molecule has 22 heavy (non-hydrogen) atoms. The van der Waals surface area contributed by atoms with Gasteiger partial charge >= 0.3 is 0 Å². The van der Waals surface area contributed by atoms with Gasteiger partial charge in [-0.1, -0.05) is 6.07 Å². The van der Waals surface area contributed by atoms with Crippen LogP contribution in [0, 0.1) is 0 Å². The molecule has 1 aliphatic heterocycles. The van der Waals surface area contributed by atoms with Gasteiger partial charge in [0.25, 0.3) is 10.2 Å². The summed E-state index contributed by atoms with van der Waals surface area (Å²) in [6.07, 6.45) is 0. The summed E-state index contributed by atoms with van der Waals surface area (Å²) in [7, 11) is -1.33. The molecule has 0 aliphatic carbocycles. The van der Waals surface area contributed by atoms with Gasteiger partial charge in [-0.15, -0.1) is 11.3 Å². The number of hydrogen-bond donors (Lipinski definition) is 2. The van der Waals surface area contributed by atoms with Crippen LogP contribution < -0.4 is 9.44 Å². The highest BCUT2D eigenvalue weighted by Gasteiger charge is 2.26. The van der Waals surface area contributed by atoms with Crippen LogP contribution in [0.1, 0.15) is 24.8 Å². The first kappa shape index (κ1) is 17.8. The smallest absolute Gasteiger partial charge is 0.277 e. The largest absolute Gasteiger partial charge is 0.304 e. The molecule has 0 spiro atoms. The molecule has 1 aliphatic rings. The average molecular weight is 347 g/mol. The van der Waals surface area contributed by atoms with Crippen molar-refractivity contribution in [2.24, 2.45) is 0 Å². The monoisotopic (exact) mass is 346 g/mol. The SMILES string of the molecule is CC(C)NS(=O)(=O)NCC(c1cccs1)N1CCN(C)CC1. The fourth-order valence-electron chi connectivity index (χ4n) is 2.56. The molecule has 0 bridgehead atoms. The van der Waals surface area contributed by atoms with Crippen LogP contribution in [0.5, 0.6) is 0 Å². The van der Waals surface area contributed by atoms with Gasteiger partial charge in [0.15, 0.2) is 0 Å². The van der Waals surface area contributed by atoms with Gasteiger partial charge in [0.1, 0.15) is 0 Å². The van der Waals surface area contributed by atoms with Gasteiger partial charge in [-0.3, -0.25) is 4.90 Å². The predicted octanol–water partition coefficient (Wildman–Crippen LogP) is 0.869. The lowest BCUT2D eigenvalue weighted by atomic mass is 10.2. The standard InChI is InChI=1S/C14H26N4O2S2/c1-12(2)16-22(19,20)15-11-13(14-5-4-10-21-14)18-8-6-17(3)7-9-18/h4-5,10,12-13,15-16H,6-9,11H2,1-3H3. The van der Waals surface area contributed by atoms with Gasteiger partial charge in [0, 0.05) is 43.6 Å². The Balaban J connectivity index is 2.03. The number of piperazine rings is 1. The number of rotatable bonds is 7. The Kier molecular flexibility index (Phi) is 6.36. The maximum absolute atomic E-state index is 12.0. The lowest BCUT2D eigenvalue weighted by molar-refractivity contribution is 0.114.